The second-order valence-electron chi connectivity index (χ2n) is 10.1. The maximum absolute atomic E-state index is 12.6. The van der Waals surface area contributed by atoms with Gasteiger partial charge < -0.3 is 20.4 Å². The standard InChI is InChI=1S/C25H34N6O2/c1-29(2)13-14-31-16-25(19-8-7-17(22(26)32)15-21(19)31)9-11-30(12-10-25)24-27-20-6-4-3-5-18(20)23(33)28-24/h7-8,15H,3-6,9-14,16H2,1-2H3,(H2,26,32)(H,27,28,33). The summed E-state index contributed by atoms with van der Waals surface area (Å²) in [6.45, 7) is 4.50. The van der Waals surface area contributed by atoms with Crippen LogP contribution < -0.4 is 21.1 Å². The van der Waals surface area contributed by atoms with Crippen molar-refractivity contribution in [3.63, 3.8) is 0 Å². The van der Waals surface area contributed by atoms with Gasteiger partial charge in [-0.25, -0.2) is 4.98 Å². The van der Waals surface area contributed by atoms with E-state index in [1.807, 2.05) is 12.1 Å². The third-order valence-corrected chi connectivity index (χ3v) is 7.70. The van der Waals surface area contributed by atoms with Gasteiger partial charge in [0.15, 0.2) is 0 Å². The number of aromatic amines is 1. The quantitative estimate of drug-likeness (QED) is 0.719. The minimum Gasteiger partial charge on any atom is -0.369 e. The Morgan fingerprint density at radius 2 is 1.97 bits per heavy atom. The SMILES string of the molecule is CN(C)CCN1CC2(CCN(c3nc4c(c(=O)[nH]3)CCCC4)CC2)c2ccc(C(N)=O)cc21. The van der Waals surface area contributed by atoms with Crippen LogP contribution in [0.3, 0.4) is 0 Å². The Hall–Kier alpha value is -2.87. The molecule has 5 rings (SSSR count). The van der Waals surface area contributed by atoms with Gasteiger partial charge in [-0.15, -0.1) is 0 Å². The van der Waals surface area contributed by atoms with Crippen molar-refractivity contribution in [1.29, 1.82) is 0 Å². The Labute approximate surface area is 194 Å². The van der Waals surface area contributed by atoms with Crippen molar-refractivity contribution in [2.45, 2.75) is 43.9 Å². The van der Waals surface area contributed by atoms with Gasteiger partial charge in [0, 0.05) is 55.0 Å². The first-order valence-electron chi connectivity index (χ1n) is 12.1. The Balaban J connectivity index is 1.39. The number of hydrogen-bond donors (Lipinski definition) is 2. The second-order valence-corrected chi connectivity index (χ2v) is 10.1. The van der Waals surface area contributed by atoms with Crippen LogP contribution in [-0.2, 0) is 18.3 Å². The molecule has 0 unspecified atom stereocenters. The van der Waals surface area contributed by atoms with E-state index < -0.39 is 0 Å². The molecular formula is C25H34N6O2. The fraction of sp³-hybridized carbons (Fsp3) is 0.560. The fourth-order valence-electron chi connectivity index (χ4n) is 5.76. The first-order chi connectivity index (χ1) is 15.9. The molecule has 1 aromatic carbocycles. The van der Waals surface area contributed by atoms with Crippen molar-refractivity contribution in [3.05, 3.63) is 50.9 Å². The van der Waals surface area contributed by atoms with Crippen molar-refractivity contribution in [2.75, 3.05) is 56.6 Å². The van der Waals surface area contributed by atoms with E-state index in [1.54, 1.807) is 0 Å². The zero-order chi connectivity index (χ0) is 23.2. The molecule has 8 nitrogen and oxygen atoms in total. The van der Waals surface area contributed by atoms with Gasteiger partial charge in [0.1, 0.15) is 0 Å². The summed E-state index contributed by atoms with van der Waals surface area (Å²) < 4.78 is 0. The van der Waals surface area contributed by atoms with Gasteiger partial charge in [0.25, 0.3) is 5.56 Å². The number of amides is 1. The smallest absolute Gasteiger partial charge is 0.255 e. The maximum atomic E-state index is 12.6. The number of hydrogen-bond acceptors (Lipinski definition) is 6. The van der Waals surface area contributed by atoms with Crippen LogP contribution in [0.25, 0.3) is 0 Å². The average molecular weight is 451 g/mol. The van der Waals surface area contributed by atoms with Crippen molar-refractivity contribution >= 4 is 17.5 Å². The summed E-state index contributed by atoms with van der Waals surface area (Å²) in [5.74, 6) is 0.339. The van der Waals surface area contributed by atoms with Crippen LogP contribution in [0.4, 0.5) is 11.6 Å². The highest BCUT2D eigenvalue weighted by atomic mass is 16.1. The molecule has 1 spiro atoms. The molecule has 1 fully saturated rings. The molecule has 1 aliphatic carbocycles. The van der Waals surface area contributed by atoms with Crippen molar-refractivity contribution < 1.29 is 4.79 Å². The molecule has 1 amide bonds. The molecule has 3 heterocycles. The van der Waals surface area contributed by atoms with Crippen LogP contribution in [0.1, 0.15) is 52.9 Å². The van der Waals surface area contributed by atoms with E-state index in [2.05, 4.69) is 39.8 Å². The van der Waals surface area contributed by atoms with Gasteiger partial charge in [0.05, 0.1) is 5.69 Å². The summed E-state index contributed by atoms with van der Waals surface area (Å²) >= 11 is 0. The number of primary amides is 1. The number of carbonyl (C=O) groups excluding carboxylic acids is 1. The number of fused-ring (bicyclic) bond motifs is 3. The van der Waals surface area contributed by atoms with Gasteiger partial charge >= 0.3 is 0 Å². The van der Waals surface area contributed by atoms with E-state index in [4.69, 9.17) is 10.7 Å². The molecule has 2 aliphatic heterocycles. The van der Waals surface area contributed by atoms with Gasteiger partial charge in [0.2, 0.25) is 11.9 Å². The third kappa shape index (κ3) is 4.01. The van der Waals surface area contributed by atoms with E-state index in [9.17, 15) is 9.59 Å². The number of piperidine rings is 1. The Morgan fingerprint density at radius 3 is 2.70 bits per heavy atom. The van der Waals surface area contributed by atoms with Crippen LogP contribution >= 0.6 is 0 Å². The number of anilines is 2. The molecule has 8 heteroatoms. The average Bonchev–Trinajstić information content (AvgIpc) is 3.10. The lowest BCUT2D eigenvalue weighted by molar-refractivity contribution is 0.100. The lowest BCUT2D eigenvalue weighted by atomic mass is 9.74. The number of nitrogens with zero attached hydrogens (tertiary/aromatic N) is 4. The minimum atomic E-state index is -0.386. The molecule has 33 heavy (non-hydrogen) atoms. The van der Waals surface area contributed by atoms with Crippen LogP contribution in [0.2, 0.25) is 0 Å². The first-order valence-corrected chi connectivity index (χ1v) is 12.1. The van der Waals surface area contributed by atoms with E-state index in [1.165, 1.54) is 5.56 Å². The fourth-order valence-corrected chi connectivity index (χ4v) is 5.76. The molecule has 3 aliphatic rings. The molecule has 1 aromatic heterocycles. The molecule has 0 radical (unpaired) electrons. The van der Waals surface area contributed by atoms with Crippen molar-refractivity contribution in [2.24, 2.45) is 5.73 Å². The monoisotopic (exact) mass is 450 g/mol. The Bertz CT molecular complexity index is 1120. The van der Waals surface area contributed by atoms with E-state index in [0.717, 1.165) is 94.1 Å². The van der Waals surface area contributed by atoms with Crippen LogP contribution in [0, 0.1) is 0 Å². The molecule has 0 bridgehead atoms. The highest BCUT2D eigenvalue weighted by molar-refractivity contribution is 5.94. The zero-order valence-corrected chi connectivity index (χ0v) is 19.7. The number of aryl methyl sites for hydroxylation is 1. The number of carbonyl (C=O) groups is 1. The summed E-state index contributed by atoms with van der Waals surface area (Å²) in [4.78, 5) is 39.2. The largest absolute Gasteiger partial charge is 0.369 e. The van der Waals surface area contributed by atoms with Gasteiger partial charge in [-0.2, -0.15) is 0 Å². The van der Waals surface area contributed by atoms with Crippen molar-refractivity contribution in [1.82, 2.24) is 14.9 Å². The third-order valence-electron chi connectivity index (χ3n) is 7.70. The summed E-state index contributed by atoms with van der Waals surface area (Å²) in [5, 5.41) is 0. The number of rotatable bonds is 5. The van der Waals surface area contributed by atoms with Crippen LogP contribution in [0.15, 0.2) is 23.0 Å². The molecule has 3 N–H and O–H groups in total. The lowest BCUT2D eigenvalue weighted by Crippen LogP contribution is -2.46. The molecule has 176 valence electrons. The molecular weight excluding hydrogens is 416 g/mol. The minimum absolute atomic E-state index is 0.0371. The molecule has 0 saturated carbocycles. The van der Waals surface area contributed by atoms with E-state index in [-0.39, 0.29) is 16.9 Å². The van der Waals surface area contributed by atoms with Gasteiger partial charge in [-0.1, -0.05) is 6.07 Å². The number of likely N-dealkylation sites (N-methyl/N-ethyl adjacent to an activating group) is 1. The van der Waals surface area contributed by atoms with Crippen molar-refractivity contribution in [3.8, 4) is 0 Å². The Morgan fingerprint density at radius 1 is 1.21 bits per heavy atom. The summed E-state index contributed by atoms with van der Waals surface area (Å²) in [7, 11) is 4.16. The summed E-state index contributed by atoms with van der Waals surface area (Å²) in [5.41, 5.74) is 10.5. The van der Waals surface area contributed by atoms with Gasteiger partial charge in [-0.05, 0) is 70.3 Å². The highest BCUT2D eigenvalue weighted by Crippen LogP contribution is 2.47. The highest BCUT2D eigenvalue weighted by Gasteiger charge is 2.45. The predicted molar refractivity (Wildman–Crippen MR) is 130 cm³/mol. The normalized spacial score (nSPS) is 19.1. The summed E-state index contributed by atoms with van der Waals surface area (Å²) in [6, 6.07) is 5.95. The maximum Gasteiger partial charge on any atom is 0.255 e. The van der Waals surface area contributed by atoms with Crippen LogP contribution in [-0.4, -0.2) is 67.6 Å². The topological polar surface area (TPSA) is 98.6 Å². The van der Waals surface area contributed by atoms with E-state index >= 15 is 0 Å². The predicted octanol–water partition coefficient (Wildman–Crippen LogP) is 1.67. The Kier molecular flexibility index (Phi) is 5.64. The number of nitrogens with two attached hydrogens (primary N) is 1. The molecule has 0 atom stereocenters. The zero-order valence-electron chi connectivity index (χ0n) is 19.7. The number of nitrogens with one attached hydrogen (secondary N) is 1. The number of H-pyrrole nitrogens is 1. The molecule has 1 saturated heterocycles. The molecule has 2 aromatic rings. The van der Waals surface area contributed by atoms with Crippen LogP contribution in [0.5, 0.6) is 0 Å². The lowest BCUT2D eigenvalue weighted by Gasteiger charge is -2.40. The van der Waals surface area contributed by atoms with E-state index in [0.29, 0.717) is 5.56 Å². The first kappa shape index (κ1) is 21.9. The number of aromatic nitrogens is 2. The number of benzene rings is 1. The summed E-state index contributed by atoms with van der Waals surface area (Å²) in [6.07, 6.45) is 5.89. The van der Waals surface area contributed by atoms with Gasteiger partial charge in [-0.3, -0.25) is 14.6 Å². The second kappa shape index (κ2) is 8.48.